The summed E-state index contributed by atoms with van der Waals surface area (Å²) >= 11 is 0. The van der Waals surface area contributed by atoms with Crippen LogP contribution in [0.5, 0.6) is 0 Å². The molecule has 3 N–H and O–H groups in total. The SMILES string of the molecule is COC(=O)C(N)C[C@H]1CC2(CCCCC2)NC1=O. The van der Waals surface area contributed by atoms with E-state index in [0.29, 0.717) is 6.42 Å². The van der Waals surface area contributed by atoms with Crippen molar-refractivity contribution in [2.75, 3.05) is 7.11 Å². The Hall–Kier alpha value is -1.10. The van der Waals surface area contributed by atoms with E-state index in [1.807, 2.05) is 0 Å². The summed E-state index contributed by atoms with van der Waals surface area (Å²) in [4.78, 5) is 23.3. The van der Waals surface area contributed by atoms with Crippen LogP contribution < -0.4 is 11.1 Å². The second-order valence-electron chi connectivity index (χ2n) is 5.60. The molecule has 2 rings (SSSR count). The summed E-state index contributed by atoms with van der Waals surface area (Å²) in [6.45, 7) is 0. The first kappa shape index (κ1) is 13.3. The van der Waals surface area contributed by atoms with Crippen molar-refractivity contribution in [2.45, 2.75) is 56.5 Å². The molecule has 5 nitrogen and oxygen atoms in total. The van der Waals surface area contributed by atoms with Crippen LogP contribution in [-0.2, 0) is 14.3 Å². The predicted octanol–water partition coefficient (Wildman–Crippen LogP) is 0.716. The molecular weight excluding hydrogens is 232 g/mol. The summed E-state index contributed by atoms with van der Waals surface area (Å²) in [5.74, 6) is -0.527. The maximum atomic E-state index is 12.0. The van der Waals surface area contributed by atoms with Crippen LogP contribution >= 0.6 is 0 Å². The Kier molecular flexibility index (Phi) is 3.90. The summed E-state index contributed by atoms with van der Waals surface area (Å²) in [6.07, 6.45) is 6.93. The fraction of sp³-hybridized carbons (Fsp3) is 0.846. The van der Waals surface area contributed by atoms with Crippen LogP contribution in [0, 0.1) is 5.92 Å². The third-order valence-corrected chi connectivity index (χ3v) is 4.25. The van der Waals surface area contributed by atoms with E-state index >= 15 is 0 Å². The first-order valence-corrected chi connectivity index (χ1v) is 6.72. The van der Waals surface area contributed by atoms with E-state index in [0.717, 1.165) is 19.3 Å². The number of nitrogens with one attached hydrogen (secondary N) is 1. The Morgan fingerprint density at radius 2 is 2.17 bits per heavy atom. The molecule has 0 aromatic heterocycles. The molecule has 2 fully saturated rings. The van der Waals surface area contributed by atoms with Gasteiger partial charge in [-0.2, -0.15) is 0 Å². The first-order chi connectivity index (χ1) is 8.56. The van der Waals surface area contributed by atoms with Gasteiger partial charge in [0.25, 0.3) is 0 Å². The molecule has 2 aliphatic rings. The van der Waals surface area contributed by atoms with Crippen molar-refractivity contribution >= 4 is 11.9 Å². The van der Waals surface area contributed by atoms with Gasteiger partial charge in [0.15, 0.2) is 0 Å². The van der Waals surface area contributed by atoms with Gasteiger partial charge in [-0.15, -0.1) is 0 Å². The fourth-order valence-corrected chi connectivity index (χ4v) is 3.28. The number of hydrogen-bond acceptors (Lipinski definition) is 4. The maximum Gasteiger partial charge on any atom is 0.322 e. The van der Waals surface area contributed by atoms with Crippen LogP contribution in [0.2, 0.25) is 0 Å². The molecule has 18 heavy (non-hydrogen) atoms. The molecule has 0 bridgehead atoms. The van der Waals surface area contributed by atoms with Gasteiger partial charge in [-0.25, -0.2) is 0 Å². The Balaban J connectivity index is 1.94. The predicted molar refractivity (Wildman–Crippen MR) is 66.7 cm³/mol. The van der Waals surface area contributed by atoms with Crippen molar-refractivity contribution in [1.29, 1.82) is 0 Å². The molecule has 1 unspecified atom stereocenters. The summed E-state index contributed by atoms with van der Waals surface area (Å²) in [6, 6.07) is -0.690. The normalized spacial score (nSPS) is 27.9. The van der Waals surface area contributed by atoms with Gasteiger partial charge in [-0.05, 0) is 25.7 Å². The minimum Gasteiger partial charge on any atom is -0.468 e. The van der Waals surface area contributed by atoms with Gasteiger partial charge in [0, 0.05) is 11.5 Å². The van der Waals surface area contributed by atoms with Crippen LogP contribution in [0.1, 0.15) is 44.9 Å². The molecule has 0 radical (unpaired) electrons. The number of methoxy groups -OCH3 is 1. The van der Waals surface area contributed by atoms with Gasteiger partial charge in [0.2, 0.25) is 5.91 Å². The van der Waals surface area contributed by atoms with Crippen LogP contribution in [0.3, 0.4) is 0 Å². The van der Waals surface area contributed by atoms with Crippen molar-refractivity contribution in [3.8, 4) is 0 Å². The summed E-state index contributed by atoms with van der Waals surface area (Å²) in [7, 11) is 1.32. The first-order valence-electron chi connectivity index (χ1n) is 6.72. The van der Waals surface area contributed by atoms with Gasteiger partial charge in [-0.1, -0.05) is 19.3 Å². The number of amides is 1. The number of carbonyl (C=O) groups is 2. The van der Waals surface area contributed by atoms with Crippen LogP contribution in [0.25, 0.3) is 0 Å². The Morgan fingerprint density at radius 1 is 1.50 bits per heavy atom. The van der Waals surface area contributed by atoms with E-state index in [1.165, 1.54) is 26.4 Å². The van der Waals surface area contributed by atoms with E-state index < -0.39 is 12.0 Å². The fourth-order valence-electron chi connectivity index (χ4n) is 3.28. The smallest absolute Gasteiger partial charge is 0.322 e. The molecule has 0 aromatic carbocycles. The Labute approximate surface area is 107 Å². The van der Waals surface area contributed by atoms with Crippen molar-refractivity contribution in [3.63, 3.8) is 0 Å². The average molecular weight is 254 g/mol. The zero-order valence-electron chi connectivity index (χ0n) is 10.9. The standard InChI is InChI=1S/C13H22N2O3/c1-18-12(17)10(14)7-9-8-13(15-11(9)16)5-3-2-4-6-13/h9-10H,2-8,14H2,1H3,(H,15,16)/t9-,10?/m0/s1. The summed E-state index contributed by atoms with van der Waals surface area (Å²) in [5, 5.41) is 3.14. The van der Waals surface area contributed by atoms with Gasteiger partial charge in [0.05, 0.1) is 7.11 Å². The summed E-state index contributed by atoms with van der Waals surface area (Å²) in [5.41, 5.74) is 5.72. The second-order valence-corrected chi connectivity index (χ2v) is 5.60. The number of carbonyl (C=O) groups excluding carboxylic acids is 2. The molecule has 5 heteroatoms. The van der Waals surface area contributed by atoms with Crippen molar-refractivity contribution in [3.05, 3.63) is 0 Å². The Morgan fingerprint density at radius 3 is 2.78 bits per heavy atom. The van der Waals surface area contributed by atoms with Gasteiger partial charge < -0.3 is 15.8 Å². The summed E-state index contributed by atoms with van der Waals surface area (Å²) < 4.78 is 4.60. The zero-order chi connectivity index (χ0) is 13.2. The number of esters is 1. The van der Waals surface area contributed by atoms with Crippen molar-refractivity contribution < 1.29 is 14.3 Å². The number of ether oxygens (including phenoxy) is 1. The van der Waals surface area contributed by atoms with Crippen LogP contribution in [-0.4, -0.2) is 30.6 Å². The van der Waals surface area contributed by atoms with Crippen molar-refractivity contribution in [1.82, 2.24) is 5.32 Å². The minimum absolute atomic E-state index is 0.0180. The van der Waals surface area contributed by atoms with E-state index in [2.05, 4.69) is 10.1 Å². The lowest BCUT2D eigenvalue weighted by molar-refractivity contribution is -0.142. The van der Waals surface area contributed by atoms with Gasteiger partial charge in [0.1, 0.15) is 6.04 Å². The highest BCUT2D eigenvalue weighted by Crippen LogP contribution is 2.39. The van der Waals surface area contributed by atoms with Gasteiger partial charge >= 0.3 is 5.97 Å². The van der Waals surface area contributed by atoms with E-state index in [1.54, 1.807) is 0 Å². The highest BCUT2D eigenvalue weighted by atomic mass is 16.5. The molecule has 2 atom stereocenters. The molecule has 1 aliphatic carbocycles. The quantitative estimate of drug-likeness (QED) is 0.727. The third-order valence-electron chi connectivity index (χ3n) is 4.25. The van der Waals surface area contributed by atoms with Crippen LogP contribution in [0.4, 0.5) is 0 Å². The molecule has 1 aliphatic heterocycles. The topological polar surface area (TPSA) is 81.4 Å². The number of nitrogens with two attached hydrogens (primary N) is 1. The lowest BCUT2D eigenvalue weighted by atomic mass is 9.78. The largest absolute Gasteiger partial charge is 0.468 e. The van der Waals surface area contributed by atoms with E-state index in [-0.39, 0.29) is 17.4 Å². The number of rotatable bonds is 3. The molecular formula is C13H22N2O3. The van der Waals surface area contributed by atoms with Crippen molar-refractivity contribution in [2.24, 2.45) is 11.7 Å². The zero-order valence-corrected chi connectivity index (χ0v) is 10.9. The third kappa shape index (κ3) is 2.66. The molecule has 102 valence electrons. The maximum absolute atomic E-state index is 12.0. The van der Waals surface area contributed by atoms with E-state index in [4.69, 9.17) is 5.73 Å². The number of hydrogen-bond donors (Lipinski definition) is 2. The molecule has 1 heterocycles. The highest BCUT2D eigenvalue weighted by molar-refractivity contribution is 5.83. The Bertz CT molecular complexity index is 337. The molecule has 1 amide bonds. The molecule has 0 aromatic rings. The molecule has 1 spiro atoms. The molecule has 1 saturated heterocycles. The minimum atomic E-state index is -0.690. The lowest BCUT2D eigenvalue weighted by Crippen LogP contribution is -2.42. The van der Waals surface area contributed by atoms with Gasteiger partial charge in [-0.3, -0.25) is 9.59 Å². The van der Waals surface area contributed by atoms with Crippen LogP contribution in [0.15, 0.2) is 0 Å². The monoisotopic (exact) mass is 254 g/mol. The highest BCUT2D eigenvalue weighted by Gasteiger charge is 2.45. The van der Waals surface area contributed by atoms with E-state index in [9.17, 15) is 9.59 Å². The average Bonchev–Trinajstić information content (AvgIpc) is 2.65. The lowest BCUT2D eigenvalue weighted by Gasteiger charge is -2.33. The second kappa shape index (κ2) is 5.26. The molecule has 1 saturated carbocycles.